The van der Waals surface area contributed by atoms with Crippen LogP contribution < -0.4 is 5.32 Å². The van der Waals surface area contributed by atoms with Crippen molar-refractivity contribution in [3.05, 3.63) is 0 Å². The zero-order valence-electron chi connectivity index (χ0n) is 10.4. The van der Waals surface area contributed by atoms with E-state index in [9.17, 15) is 9.90 Å². The molecule has 2 aliphatic heterocycles. The maximum Gasteiger partial charge on any atom is 0.336 e. The number of likely N-dealkylation sites (tertiary alicyclic amines) is 1. The fourth-order valence-electron chi connectivity index (χ4n) is 3.01. The van der Waals surface area contributed by atoms with Gasteiger partial charge in [-0.2, -0.15) is 0 Å². The van der Waals surface area contributed by atoms with Crippen molar-refractivity contribution in [2.24, 2.45) is 0 Å². The fourth-order valence-corrected chi connectivity index (χ4v) is 3.01. The second-order valence-corrected chi connectivity index (χ2v) is 5.46. The molecule has 2 aliphatic rings. The van der Waals surface area contributed by atoms with Gasteiger partial charge < -0.3 is 15.5 Å². The van der Waals surface area contributed by atoms with Crippen molar-refractivity contribution >= 4 is 5.97 Å². The predicted octanol–water partition coefficient (Wildman–Crippen LogP) is 0.0384. The molecule has 0 bridgehead atoms. The Labute approximate surface area is 102 Å². The first-order chi connectivity index (χ1) is 8.00. The van der Waals surface area contributed by atoms with E-state index in [1.165, 1.54) is 13.3 Å². The van der Waals surface area contributed by atoms with Crippen LogP contribution >= 0.6 is 0 Å². The third-order valence-corrected chi connectivity index (χ3v) is 3.95. The molecular formula is C12H22N2O3. The molecule has 3 atom stereocenters. The van der Waals surface area contributed by atoms with E-state index in [0.29, 0.717) is 12.1 Å². The Morgan fingerprint density at radius 2 is 2.24 bits per heavy atom. The monoisotopic (exact) mass is 242 g/mol. The van der Waals surface area contributed by atoms with E-state index < -0.39 is 11.6 Å². The largest absolute Gasteiger partial charge is 0.479 e. The zero-order valence-corrected chi connectivity index (χ0v) is 10.4. The standard InChI is InChI=1S/C12H22N2O3/c1-12(17,11(15)16)8-14-7-3-5-10(14)9-4-2-6-13-9/h9-10,13,17H,2-8H2,1H3,(H,15,16). The van der Waals surface area contributed by atoms with Gasteiger partial charge in [-0.05, 0) is 45.7 Å². The van der Waals surface area contributed by atoms with Gasteiger partial charge in [0.25, 0.3) is 0 Å². The molecule has 2 heterocycles. The second-order valence-electron chi connectivity index (χ2n) is 5.46. The molecule has 2 rings (SSSR count). The molecule has 0 aromatic rings. The van der Waals surface area contributed by atoms with Crippen LogP contribution in [0.4, 0.5) is 0 Å². The summed E-state index contributed by atoms with van der Waals surface area (Å²) >= 11 is 0. The summed E-state index contributed by atoms with van der Waals surface area (Å²) in [6.45, 7) is 3.56. The van der Waals surface area contributed by atoms with Gasteiger partial charge in [-0.25, -0.2) is 4.79 Å². The number of carboxylic acid groups (broad SMARTS) is 1. The molecule has 3 unspecified atom stereocenters. The number of carbonyl (C=O) groups is 1. The lowest BCUT2D eigenvalue weighted by atomic mass is 10.0. The van der Waals surface area contributed by atoms with E-state index >= 15 is 0 Å². The normalized spacial score (nSPS) is 33.8. The fraction of sp³-hybridized carbons (Fsp3) is 0.917. The van der Waals surface area contributed by atoms with Gasteiger partial charge >= 0.3 is 5.97 Å². The average molecular weight is 242 g/mol. The number of nitrogens with zero attached hydrogens (tertiary/aromatic N) is 1. The molecule has 0 aromatic heterocycles. The summed E-state index contributed by atoms with van der Waals surface area (Å²) in [5.41, 5.74) is -1.64. The van der Waals surface area contributed by atoms with Gasteiger partial charge in [-0.15, -0.1) is 0 Å². The topological polar surface area (TPSA) is 72.8 Å². The van der Waals surface area contributed by atoms with Crippen LogP contribution in [-0.2, 0) is 4.79 Å². The molecule has 2 fully saturated rings. The quantitative estimate of drug-likeness (QED) is 0.649. The van der Waals surface area contributed by atoms with E-state index in [1.54, 1.807) is 0 Å². The molecule has 5 heteroatoms. The summed E-state index contributed by atoms with van der Waals surface area (Å²) in [6, 6.07) is 0.866. The van der Waals surface area contributed by atoms with E-state index in [0.717, 1.165) is 32.4 Å². The molecule has 2 saturated heterocycles. The zero-order chi connectivity index (χ0) is 12.5. The van der Waals surface area contributed by atoms with E-state index in [-0.39, 0.29) is 6.54 Å². The minimum Gasteiger partial charge on any atom is -0.479 e. The van der Waals surface area contributed by atoms with Crippen molar-refractivity contribution < 1.29 is 15.0 Å². The Balaban J connectivity index is 1.97. The Morgan fingerprint density at radius 1 is 1.47 bits per heavy atom. The molecule has 0 aliphatic carbocycles. The van der Waals surface area contributed by atoms with Crippen LogP contribution in [0.2, 0.25) is 0 Å². The number of hydrogen-bond acceptors (Lipinski definition) is 4. The molecule has 0 spiro atoms. The molecule has 0 saturated carbocycles. The SMILES string of the molecule is CC(O)(CN1CCCC1C1CCCN1)C(=O)O. The number of β-amino-alcohol motifs (C(OH)–C–C–N with tert-alkyl or cyclic N) is 1. The number of hydrogen-bond donors (Lipinski definition) is 3. The first kappa shape index (κ1) is 12.8. The van der Waals surface area contributed by atoms with Gasteiger partial charge in [-0.1, -0.05) is 0 Å². The molecule has 0 aromatic carbocycles. The van der Waals surface area contributed by atoms with Gasteiger partial charge in [0.05, 0.1) is 0 Å². The number of rotatable bonds is 4. The highest BCUT2D eigenvalue weighted by Crippen LogP contribution is 2.26. The summed E-state index contributed by atoms with van der Waals surface area (Å²) in [7, 11) is 0. The first-order valence-corrected chi connectivity index (χ1v) is 6.44. The molecular weight excluding hydrogens is 220 g/mol. The van der Waals surface area contributed by atoms with E-state index in [1.807, 2.05) is 0 Å². The van der Waals surface area contributed by atoms with Crippen LogP contribution in [0.3, 0.4) is 0 Å². The molecule has 5 nitrogen and oxygen atoms in total. The average Bonchev–Trinajstić information content (AvgIpc) is 2.85. The molecule has 98 valence electrons. The third-order valence-electron chi connectivity index (χ3n) is 3.95. The van der Waals surface area contributed by atoms with Crippen LogP contribution in [0.25, 0.3) is 0 Å². The summed E-state index contributed by atoms with van der Waals surface area (Å²) < 4.78 is 0. The van der Waals surface area contributed by atoms with Crippen molar-refractivity contribution in [1.29, 1.82) is 0 Å². The minimum atomic E-state index is -1.64. The number of aliphatic carboxylic acids is 1. The lowest BCUT2D eigenvalue weighted by molar-refractivity contribution is -0.158. The van der Waals surface area contributed by atoms with Crippen LogP contribution in [0.5, 0.6) is 0 Å². The van der Waals surface area contributed by atoms with Crippen molar-refractivity contribution in [3.63, 3.8) is 0 Å². The van der Waals surface area contributed by atoms with Crippen molar-refractivity contribution in [2.45, 2.75) is 50.3 Å². The first-order valence-electron chi connectivity index (χ1n) is 6.44. The predicted molar refractivity (Wildman–Crippen MR) is 63.9 cm³/mol. The molecule has 0 amide bonds. The highest BCUT2D eigenvalue weighted by molar-refractivity contribution is 5.76. The van der Waals surface area contributed by atoms with Crippen molar-refractivity contribution in [1.82, 2.24) is 10.2 Å². The van der Waals surface area contributed by atoms with Gasteiger partial charge in [0.1, 0.15) is 0 Å². The summed E-state index contributed by atoms with van der Waals surface area (Å²) in [5.74, 6) is -1.14. The van der Waals surface area contributed by atoms with Crippen LogP contribution in [-0.4, -0.2) is 58.4 Å². The molecule has 0 radical (unpaired) electrons. The van der Waals surface area contributed by atoms with Gasteiger partial charge in [0.15, 0.2) is 5.60 Å². The van der Waals surface area contributed by atoms with Crippen LogP contribution in [0.1, 0.15) is 32.6 Å². The number of aliphatic hydroxyl groups is 1. The minimum absolute atomic E-state index is 0.227. The Kier molecular flexibility index (Phi) is 3.70. The summed E-state index contributed by atoms with van der Waals surface area (Å²) in [6.07, 6.45) is 4.56. The Bertz CT molecular complexity index is 287. The highest BCUT2D eigenvalue weighted by Gasteiger charge is 2.39. The molecule has 3 N–H and O–H groups in total. The Hall–Kier alpha value is -0.650. The van der Waals surface area contributed by atoms with Crippen molar-refractivity contribution in [3.8, 4) is 0 Å². The third kappa shape index (κ3) is 2.78. The highest BCUT2D eigenvalue weighted by atomic mass is 16.4. The summed E-state index contributed by atoms with van der Waals surface area (Å²) in [5, 5.41) is 22.3. The Morgan fingerprint density at radius 3 is 2.82 bits per heavy atom. The second kappa shape index (κ2) is 4.92. The van der Waals surface area contributed by atoms with E-state index in [2.05, 4.69) is 10.2 Å². The number of nitrogens with one attached hydrogen (secondary N) is 1. The number of carboxylic acids is 1. The smallest absolute Gasteiger partial charge is 0.336 e. The maximum absolute atomic E-state index is 10.9. The van der Waals surface area contributed by atoms with Crippen LogP contribution in [0, 0.1) is 0 Å². The summed E-state index contributed by atoms with van der Waals surface area (Å²) in [4.78, 5) is 13.1. The van der Waals surface area contributed by atoms with E-state index in [4.69, 9.17) is 5.11 Å². The lowest BCUT2D eigenvalue weighted by Gasteiger charge is -2.33. The lowest BCUT2D eigenvalue weighted by Crippen LogP contribution is -2.52. The maximum atomic E-state index is 10.9. The van der Waals surface area contributed by atoms with Gasteiger partial charge in [0, 0.05) is 18.6 Å². The van der Waals surface area contributed by atoms with Gasteiger partial charge in [-0.3, -0.25) is 4.90 Å². The van der Waals surface area contributed by atoms with Gasteiger partial charge in [0.2, 0.25) is 0 Å². The molecule has 17 heavy (non-hydrogen) atoms. The van der Waals surface area contributed by atoms with Crippen LogP contribution in [0.15, 0.2) is 0 Å². The van der Waals surface area contributed by atoms with Crippen molar-refractivity contribution in [2.75, 3.05) is 19.6 Å².